The molecule has 0 unspecified atom stereocenters. The molecule has 3 aromatic carbocycles. The summed E-state index contributed by atoms with van der Waals surface area (Å²) < 4.78 is 10.7. The summed E-state index contributed by atoms with van der Waals surface area (Å²) in [5.74, 6) is -0.440. The average molecular weight is 400 g/mol. The van der Waals surface area contributed by atoms with Crippen molar-refractivity contribution >= 4 is 34.0 Å². The molecule has 5 aromatic rings. The first kappa shape index (κ1) is 17.5. The minimum absolute atomic E-state index is 0.288. The Morgan fingerprint density at radius 1 is 0.633 bits per heavy atom. The number of esters is 2. The van der Waals surface area contributed by atoms with Crippen LogP contribution in [0.15, 0.2) is 60.7 Å². The van der Waals surface area contributed by atoms with E-state index in [0.717, 1.165) is 11.0 Å². The molecule has 30 heavy (non-hydrogen) atoms. The molecule has 0 saturated carbocycles. The summed E-state index contributed by atoms with van der Waals surface area (Å²) in [5.41, 5.74) is 3.22. The summed E-state index contributed by atoms with van der Waals surface area (Å²) in [5, 5.41) is 20.6. The molecule has 5 rings (SSSR count). The molecule has 0 aliphatic carbocycles. The van der Waals surface area contributed by atoms with E-state index in [1.165, 1.54) is 24.3 Å². The van der Waals surface area contributed by atoms with Crippen molar-refractivity contribution in [1.29, 1.82) is 0 Å². The Hall–Kier alpha value is -4.60. The van der Waals surface area contributed by atoms with Crippen LogP contribution in [0.3, 0.4) is 0 Å². The van der Waals surface area contributed by atoms with Crippen LogP contribution in [0.1, 0.15) is 20.7 Å². The van der Waals surface area contributed by atoms with Gasteiger partial charge in [0.25, 0.3) is 0 Å². The smallest absolute Gasteiger partial charge is 0.343 e. The van der Waals surface area contributed by atoms with Gasteiger partial charge in [-0.2, -0.15) is 0 Å². The molecular formula is C20H12N6O4. The first-order valence-corrected chi connectivity index (χ1v) is 8.82. The van der Waals surface area contributed by atoms with Crippen LogP contribution in [0.25, 0.3) is 22.1 Å². The fourth-order valence-corrected chi connectivity index (χ4v) is 2.84. The van der Waals surface area contributed by atoms with E-state index in [9.17, 15) is 9.59 Å². The van der Waals surface area contributed by atoms with Crippen LogP contribution in [0.5, 0.6) is 11.5 Å². The predicted molar refractivity (Wildman–Crippen MR) is 104 cm³/mol. The number of hydrogen-bond donors (Lipinski definition) is 2. The Morgan fingerprint density at radius 2 is 1.07 bits per heavy atom. The summed E-state index contributed by atoms with van der Waals surface area (Å²) in [6, 6.07) is 15.9. The third-order valence-electron chi connectivity index (χ3n) is 4.37. The number of rotatable bonds is 4. The summed E-state index contributed by atoms with van der Waals surface area (Å²) in [7, 11) is 0. The number of H-pyrrole nitrogens is 2. The van der Waals surface area contributed by atoms with E-state index in [1.807, 2.05) is 0 Å². The number of nitrogens with one attached hydrogen (secondary N) is 2. The summed E-state index contributed by atoms with van der Waals surface area (Å²) in [6.45, 7) is 0. The van der Waals surface area contributed by atoms with Crippen LogP contribution in [-0.2, 0) is 0 Å². The normalized spacial score (nSPS) is 10.9. The largest absolute Gasteiger partial charge is 0.423 e. The zero-order valence-electron chi connectivity index (χ0n) is 15.2. The fourth-order valence-electron chi connectivity index (χ4n) is 2.84. The number of benzene rings is 3. The second-order valence-corrected chi connectivity index (χ2v) is 6.34. The highest BCUT2D eigenvalue weighted by Gasteiger charge is 2.13. The topological polar surface area (TPSA) is 136 Å². The monoisotopic (exact) mass is 400 g/mol. The van der Waals surface area contributed by atoms with Crippen molar-refractivity contribution in [2.45, 2.75) is 0 Å². The highest BCUT2D eigenvalue weighted by Crippen LogP contribution is 2.20. The number of hydrogen-bond acceptors (Lipinski definition) is 8. The van der Waals surface area contributed by atoms with E-state index >= 15 is 0 Å². The van der Waals surface area contributed by atoms with Gasteiger partial charge < -0.3 is 9.47 Å². The number of carbonyl (C=O) groups excluding carboxylic acids is 2. The quantitative estimate of drug-likeness (QED) is 0.347. The molecule has 10 nitrogen and oxygen atoms in total. The molecule has 10 heteroatoms. The lowest BCUT2D eigenvalue weighted by Gasteiger charge is -2.06. The Kier molecular flexibility index (Phi) is 4.14. The number of aromatic nitrogens is 6. The molecule has 0 saturated heterocycles. The minimum Gasteiger partial charge on any atom is -0.423 e. The number of carbonyl (C=O) groups is 2. The summed E-state index contributed by atoms with van der Waals surface area (Å²) in [4.78, 5) is 24.7. The van der Waals surface area contributed by atoms with Crippen LogP contribution >= 0.6 is 0 Å². The molecule has 0 bridgehead atoms. The number of nitrogens with zero attached hydrogens (tertiary/aromatic N) is 4. The van der Waals surface area contributed by atoms with Crippen molar-refractivity contribution in [3.63, 3.8) is 0 Å². The van der Waals surface area contributed by atoms with E-state index in [-0.39, 0.29) is 11.1 Å². The summed E-state index contributed by atoms with van der Waals surface area (Å²) in [6.07, 6.45) is 0. The van der Waals surface area contributed by atoms with Crippen LogP contribution in [-0.4, -0.2) is 42.8 Å². The van der Waals surface area contributed by atoms with E-state index in [2.05, 4.69) is 30.8 Å². The molecule has 0 atom stereocenters. The molecule has 0 radical (unpaired) electrons. The Labute approximate surface area is 167 Å². The van der Waals surface area contributed by atoms with Gasteiger partial charge in [-0.1, -0.05) is 10.4 Å². The lowest BCUT2D eigenvalue weighted by atomic mass is 10.1. The molecule has 0 spiro atoms. The zero-order valence-corrected chi connectivity index (χ0v) is 15.2. The molecule has 0 amide bonds. The molecule has 0 aliphatic rings. The van der Waals surface area contributed by atoms with Gasteiger partial charge in [-0.05, 0) is 48.5 Å². The van der Waals surface area contributed by atoms with Gasteiger partial charge in [0, 0.05) is 12.1 Å². The van der Waals surface area contributed by atoms with Gasteiger partial charge in [0.2, 0.25) is 0 Å². The third-order valence-corrected chi connectivity index (χ3v) is 4.37. The molecule has 146 valence electrons. The highest BCUT2D eigenvalue weighted by molar-refractivity contribution is 5.95. The first-order valence-electron chi connectivity index (χ1n) is 8.82. The second-order valence-electron chi connectivity index (χ2n) is 6.34. The Balaban J connectivity index is 1.27. The van der Waals surface area contributed by atoms with E-state index < -0.39 is 11.9 Å². The van der Waals surface area contributed by atoms with Gasteiger partial charge in [0.1, 0.15) is 22.5 Å². The van der Waals surface area contributed by atoms with Crippen LogP contribution < -0.4 is 9.47 Å². The van der Waals surface area contributed by atoms with E-state index in [1.54, 1.807) is 36.4 Å². The van der Waals surface area contributed by atoms with Crippen molar-refractivity contribution in [3.05, 3.63) is 71.8 Å². The molecule has 0 fully saturated rings. The lowest BCUT2D eigenvalue weighted by molar-refractivity contribution is 0.0720. The maximum absolute atomic E-state index is 12.4. The zero-order chi connectivity index (χ0) is 20.5. The number of fused-ring (bicyclic) bond motifs is 2. The van der Waals surface area contributed by atoms with E-state index in [4.69, 9.17) is 9.47 Å². The fraction of sp³-hybridized carbons (Fsp3) is 0. The standard InChI is InChI=1S/C20H12N6O4/c27-19(29-13-5-7-15-17(9-13)23-25-21-15)11-1-2-12(4-3-11)20(28)30-14-6-8-16-18(10-14)24-26-22-16/h1-10H,(H,21,23,25)(H,22,24,26). The molecule has 0 aliphatic heterocycles. The van der Waals surface area contributed by atoms with E-state index in [0.29, 0.717) is 22.5 Å². The molecule has 2 aromatic heterocycles. The lowest BCUT2D eigenvalue weighted by Crippen LogP contribution is -2.11. The van der Waals surface area contributed by atoms with Crippen molar-refractivity contribution in [1.82, 2.24) is 30.8 Å². The predicted octanol–water partition coefficient (Wildman–Crippen LogP) is 2.67. The van der Waals surface area contributed by atoms with Gasteiger partial charge in [-0.15, -0.1) is 10.2 Å². The molecular weight excluding hydrogens is 388 g/mol. The van der Waals surface area contributed by atoms with Crippen molar-refractivity contribution in [2.75, 3.05) is 0 Å². The third kappa shape index (κ3) is 3.33. The minimum atomic E-state index is -0.561. The number of aromatic amines is 2. The van der Waals surface area contributed by atoms with Gasteiger partial charge >= 0.3 is 11.9 Å². The average Bonchev–Trinajstić information content (AvgIpc) is 3.42. The second kappa shape index (κ2) is 7.09. The summed E-state index contributed by atoms with van der Waals surface area (Å²) >= 11 is 0. The molecule has 2 heterocycles. The van der Waals surface area contributed by atoms with Gasteiger partial charge in [0.15, 0.2) is 0 Å². The van der Waals surface area contributed by atoms with Crippen molar-refractivity contribution in [2.24, 2.45) is 0 Å². The Bertz CT molecular complexity index is 1280. The van der Waals surface area contributed by atoms with Gasteiger partial charge in [-0.25, -0.2) is 9.59 Å². The van der Waals surface area contributed by atoms with Crippen molar-refractivity contribution < 1.29 is 19.1 Å². The van der Waals surface area contributed by atoms with Crippen LogP contribution in [0, 0.1) is 0 Å². The highest BCUT2D eigenvalue weighted by atomic mass is 16.5. The van der Waals surface area contributed by atoms with Crippen molar-refractivity contribution in [3.8, 4) is 11.5 Å². The van der Waals surface area contributed by atoms with Crippen LogP contribution in [0.4, 0.5) is 0 Å². The van der Waals surface area contributed by atoms with Crippen LogP contribution in [0.2, 0.25) is 0 Å². The first-order chi connectivity index (χ1) is 14.7. The SMILES string of the molecule is O=C(Oc1ccc2[nH]nnc2c1)c1ccc(C(=O)Oc2ccc3[nH]nnc3c2)cc1. The van der Waals surface area contributed by atoms with Gasteiger partial charge in [-0.3, -0.25) is 10.2 Å². The van der Waals surface area contributed by atoms with Gasteiger partial charge in [0.05, 0.1) is 22.2 Å². The Morgan fingerprint density at radius 3 is 1.50 bits per heavy atom. The molecule has 2 N–H and O–H groups in total. The maximum Gasteiger partial charge on any atom is 0.343 e. The number of ether oxygens (including phenoxy) is 2. The maximum atomic E-state index is 12.4.